The van der Waals surface area contributed by atoms with Crippen LogP contribution in [0, 0.1) is 0 Å². The van der Waals surface area contributed by atoms with Crippen molar-refractivity contribution in [1.82, 2.24) is 9.97 Å². The molecule has 0 aliphatic carbocycles. The summed E-state index contributed by atoms with van der Waals surface area (Å²) in [6, 6.07) is 15.0. The Hall–Kier alpha value is -4.38. The number of nitrogens with zero attached hydrogens (tertiary/aromatic N) is 2. The number of ether oxygens (including phenoxy) is 3. The fraction of sp³-hybridized carbons (Fsp3) is 0.115. The predicted molar refractivity (Wildman–Crippen MR) is 134 cm³/mol. The molecule has 5 aromatic rings. The molecule has 0 aliphatic rings. The van der Waals surface area contributed by atoms with Crippen LogP contribution in [-0.2, 0) is 6.18 Å². The van der Waals surface area contributed by atoms with E-state index in [1.165, 1.54) is 19.2 Å². The Morgan fingerprint density at radius 3 is 2.43 bits per heavy atom. The van der Waals surface area contributed by atoms with Gasteiger partial charge in [-0.1, -0.05) is 23.5 Å². The van der Waals surface area contributed by atoms with Gasteiger partial charge in [-0.3, -0.25) is 15.1 Å². The van der Waals surface area contributed by atoms with Crippen molar-refractivity contribution in [2.45, 2.75) is 6.18 Å². The molecule has 0 fully saturated rings. The highest BCUT2D eigenvalue weighted by atomic mass is 32.1. The van der Waals surface area contributed by atoms with Gasteiger partial charge in [0.1, 0.15) is 11.5 Å². The van der Waals surface area contributed by atoms with Gasteiger partial charge in [-0.15, -0.1) is 0 Å². The third kappa shape index (κ3) is 4.85. The first-order valence-corrected chi connectivity index (χ1v) is 11.6. The number of thiazole rings is 1. The summed E-state index contributed by atoms with van der Waals surface area (Å²) < 4.78 is 57.4. The van der Waals surface area contributed by atoms with E-state index in [0.29, 0.717) is 44.1 Å². The van der Waals surface area contributed by atoms with E-state index in [-0.39, 0.29) is 5.13 Å². The van der Waals surface area contributed by atoms with E-state index in [2.05, 4.69) is 15.3 Å². The summed E-state index contributed by atoms with van der Waals surface area (Å²) >= 11 is 1.12. The smallest absolute Gasteiger partial charge is 0.417 e. The van der Waals surface area contributed by atoms with E-state index in [1.54, 1.807) is 49.7 Å². The maximum atomic E-state index is 13.3. The van der Waals surface area contributed by atoms with Crippen LogP contribution in [0.3, 0.4) is 0 Å². The number of fused-ring (bicyclic) bond motifs is 2. The summed E-state index contributed by atoms with van der Waals surface area (Å²) in [6.07, 6.45) is -3.04. The topological polar surface area (TPSA) is 82.6 Å². The number of amides is 1. The molecule has 0 bridgehead atoms. The molecule has 0 saturated carbocycles. The number of methoxy groups -OCH3 is 2. The largest absolute Gasteiger partial charge is 0.493 e. The summed E-state index contributed by atoms with van der Waals surface area (Å²) in [5.41, 5.74) is -0.279. The van der Waals surface area contributed by atoms with Crippen molar-refractivity contribution < 1.29 is 32.2 Å². The van der Waals surface area contributed by atoms with Crippen LogP contribution in [0.1, 0.15) is 15.9 Å². The molecule has 5 rings (SSSR count). The molecule has 1 amide bonds. The van der Waals surface area contributed by atoms with Crippen molar-refractivity contribution in [1.29, 1.82) is 0 Å². The van der Waals surface area contributed by atoms with Crippen molar-refractivity contribution in [3.05, 3.63) is 78.0 Å². The second-order valence-corrected chi connectivity index (χ2v) is 8.81. The molecule has 3 aromatic carbocycles. The molecule has 1 N–H and O–H groups in total. The average molecular weight is 526 g/mol. The summed E-state index contributed by atoms with van der Waals surface area (Å²) in [5.74, 6) is 1.21. The second-order valence-electron chi connectivity index (χ2n) is 7.78. The lowest BCUT2D eigenvalue weighted by atomic mass is 10.1. The van der Waals surface area contributed by atoms with Crippen molar-refractivity contribution in [3.8, 4) is 23.0 Å². The molecular weight excluding hydrogens is 507 g/mol. The van der Waals surface area contributed by atoms with Gasteiger partial charge < -0.3 is 14.2 Å². The van der Waals surface area contributed by atoms with Gasteiger partial charge in [-0.2, -0.15) is 13.2 Å². The number of alkyl halides is 3. The zero-order valence-corrected chi connectivity index (χ0v) is 20.2. The Bertz CT molecular complexity index is 1640. The van der Waals surface area contributed by atoms with E-state index in [9.17, 15) is 18.0 Å². The molecule has 0 atom stereocenters. The number of carbonyl (C=O) groups is 1. The van der Waals surface area contributed by atoms with Gasteiger partial charge in [-0.25, -0.2) is 4.98 Å². The maximum absolute atomic E-state index is 13.3. The maximum Gasteiger partial charge on any atom is 0.417 e. The number of hydrogen-bond acceptors (Lipinski definition) is 7. The SMILES string of the molecule is COc1cc2nccc(Oc3ccc4nc(NC(=O)c5ccccc5C(F)(F)F)sc4c3)c2cc1OC. The van der Waals surface area contributed by atoms with E-state index in [4.69, 9.17) is 14.2 Å². The minimum Gasteiger partial charge on any atom is -0.493 e. The molecule has 0 aliphatic heterocycles. The lowest BCUT2D eigenvalue weighted by Gasteiger charge is -2.12. The Morgan fingerprint density at radius 2 is 1.68 bits per heavy atom. The molecular formula is C26H18F3N3O4S. The van der Waals surface area contributed by atoms with Gasteiger partial charge in [0.05, 0.1) is 41.1 Å². The molecule has 7 nitrogen and oxygen atoms in total. The van der Waals surface area contributed by atoms with Crippen molar-refractivity contribution in [3.63, 3.8) is 0 Å². The first-order valence-electron chi connectivity index (χ1n) is 10.8. The fourth-order valence-corrected chi connectivity index (χ4v) is 4.67. The minimum atomic E-state index is -4.65. The van der Waals surface area contributed by atoms with E-state index in [0.717, 1.165) is 23.5 Å². The lowest BCUT2D eigenvalue weighted by Crippen LogP contribution is -2.18. The molecule has 0 spiro atoms. The fourth-order valence-electron chi connectivity index (χ4n) is 3.78. The number of anilines is 1. The molecule has 0 saturated heterocycles. The highest BCUT2D eigenvalue weighted by molar-refractivity contribution is 7.22. The Morgan fingerprint density at radius 1 is 0.919 bits per heavy atom. The van der Waals surface area contributed by atoms with E-state index < -0.39 is 23.2 Å². The molecule has 2 aromatic heterocycles. The molecule has 0 unspecified atom stereocenters. The van der Waals surface area contributed by atoms with Gasteiger partial charge >= 0.3 is 6.18 Å². The average Bonchev–Trinajstić information content (AvgIpc) is 3.29. The first-order chi connectivity index (χ1) is 17.8. The van der Waals surface area contributed by atoms with E-state index in [1.807, 2.05) is 0 Å². The van der Waals surface area contributed by atoms with Crippen LogP contribution in [-0.4, -0.2) is 30.1 Å². The second kappa shape index (κ2) is 9.58. The number of carbonyl (C=O) groups excluding carboxylic acids is 1. The Balaban J connectivity index is 1.42. The Kier molecular flexibility index (Phi) is 6.30. The van der Waals surface area contributed by atoms with Gasteiger partial charge in [-0.05, 0) is 36.4 Å². The normalized spacial score (nSPS) is 11.5. The van der Waals surface area contributed by atoms with Crippen LogP contribution in [0.4, 0.5) is 18.3 Å². The number of benzene rings is 3. The Labute approximate surface area is 212 Å². The zero-order valence-electron chi connectivity index (χ0n) is 19.4. The van der Waals surface area contributed by atoms with Crippen LogP contribution in [0.25, 0.3) is 21.1 Å². The highest BCUT2D eigenvalue weighted by Gasteiger charge is 2.35. The number of pyridine rings is 1. The monoisotopic (exact) mass is 525 g/mol. The predicted octanol–water partition coefficient (Wildman–Crippen LogP) is 6.93. The highest BCUT2D eigenvalue weighted by Crippen LogP contribution is 2.38. The summed E-state index contributed by atoms with van der Waals surface area (Å²) in [4.78, 5) is 21.3. The van der Waals surface area contributed by atoms with Gasteiger partial charge in [0.15, 0.2) is 16.6 Å². The third-order valence-corrected chi connectivity index (χ3v) is 6.43. The number of aromatic nitrogens is 2. The van der Waals surface area contributed by atoms with Crippen LogP contribution < -0.4 is 19.5 Å². The lowest BCUT2D eigenvalue weighted by molar-refractivity contribution is -0.137. The van der Waals surface area contributed by atoms with Gasteiger partial charge in [0.2, 0.25) is 0 Å². The summed E-state index contributed by atoms with van der Waals surface area (Å²) in [6.45, 7) is 0. The van der Waals surface area contributed by atoms with E-state index >= 15 is 0 Å². The first kappa shape index (κ1) is 24.3. The standard InChI is InChI=1S/C26H18F3N3O4S/c1-34-21-12-16-19(13-22(21)35-2)30-10-9-20(16)36-14-7-8-18-23(11-14)37-25(31-18)32-24(33)15-5-3-4-6-17(15)26(27,28)29/h3-13H,1-2H3,(H,31,32,33). The third-order valence-electron chi connectivity index (χ3n) is 5.49. The quantitative estimate of drug-likeness (QED) is 0.259. The van der Waals surface area contributed by atoms with Gasteiger partial charge in [0, 0.05) is 23.7 Å². The number of nitrogens with one attached hydrogen (secondary N) is 1. The van der Waals surface area contributed by atoms with Crippen LogP contribution in [0.2, 0.25) is 0 Å². The van der Waals surface area contributed by atoms with Crippen LogP contribution >= 0.6 is 11.3 Å². The molecule has 11 heteroatoms. The summed E-state index contributed by atoms with van der Waals surface area (Å²) in [5, 5.41) is 3.35. The summed E-state index contributed by atoms with van der Waals surface area (Å²) in [7, 11) is 3.08. The van der Waals surface area contributed by atoms with Crippen molar-refractivity contribution in [2.75, 3.05) is 19.5 Å². The minimum absolute atomic E-state index is 0.167. The van der Waals surface area contributed by atoms with Crippen LogP contribution in [0.5, 0.6) is 23.0 Å². The van der Waals surface area contributed by atoms with Crippen molar-refractivity contribution in [2.24, 2.45) is 0 Å². The zero-order chi connectivity index (χ0) is 26.2. The number of rotatable bonds is 6. The molecule has 0 radical (unpaired) electrons. The molecule has 2 heterocycles. The molecule has 37 heavy (non-hydrogen) atoms. The van der Waals surface area contributed by atoms with Crippen LogP contribution in [0.15, 0.2) is 66.9 Å². The number of halogens is 3. The van der Waals surface area contributed by atoms with Crippen molar-refractivity contribution >= 4 is 43.5 Å². The van der Waals surface area contributed by atoms with Gasteiger partial charge in [0.25, 0.3) is 5.91 Å². The number of hydrogen-bond donors (Lipinski definition) is 1. The molecule has 188 valence electrons.